The van der Waals surface area contributed by atoms with Crippen molar-refractivity contribution in [3.63, 3.8) is 0 Å². The Bertz CT molecular complexity index is 555. The Kier molecular flexibility index (Phi) is 4.57. The number of aromatic nitrogens is 2. The summed E-state index contributed by atoms with van der Waals surface area (Å²) in [5.74, 6) is 6.50. The van der Waals surface area contributed by atoms with E-state index in [0.717, 1.165) is 27.9 Å². The van der Waals surface area contributed by atoms with Gasteiger partial charge in [-0.1, -0.05) is 15.9 Å². The number of halogens is 1. The molecule has 102 valence electrons. The molecule has 2 aromatic rings. The second-order valence-corrected chi connectivity index (χ2v) is 5.16. The topological polar surface area (TPSA) is 65.1 Å². The van der Waals surface area contributed by atoms with Gasteiger partial charge >= 0.3 is 0 Å². The lowest BCUT2D eigenvalue weighted by Gasteiger charge is -2.17. The fourth-order valence-corrected chi connectivity index (χ4v) is 2.42. The minimum atomic E-state index is -0.00379. The third-order valence-corrected chi connectivity index (χ3v) is 3.86. The number of imidazole rings is 1. The van der Waals surface area contributed by atoms with Crippen LogP contribution >= 0.6 is 15.9 Å². The molecule has 0 spiro atoms. The molecule has 1 unspecified atom stereocenters. The molecule has 0 fully saturated rings. The molecule has 5 nitrogen and oxygen atoms in total. The molecule has 0 aliphatic heterocycles. The number of nitrogens with zero attached hydrogens (tertiary/aromatic N) is 2. The predicted octanol–water partition coefficient (Wildman–Crippen LogP) is 1.94. The van der Waals surface area contributed by atoms with Crippen LogP contribution in [-0.2, 0) is 13.5 Å². The summed E-state index contributed by atoms with van der Waals surface area (Å²) >= 11 is 3.55. The van der Waals surface area contributed by atoms with Crippen molar-refractivity contribution in [2.24, 2.45) is 12.9 Å². The van der Waals surface area contributed by atoms with Gasteiger partial charge in [0.15, 0.2) is 0 Å². The van der Waals surface area contributed by atoms with E-state index >= 15 is 0 Å². The van der Waals surface area contributed by atoms with E-state index in [4.69, 9.17) is 10.6 Å². The molecular formula is C13H17BrN4O. The lowest BCUT2D eigenvalue weighted by molar-refractivity contribution is 0.413. The van der Waals surface area contributed by atoms with E-state index in [9.17, 15) is 0 Å². The largest absolute Gasteiger partial charge is 0.497 e. The van der Waals surface area contributed by atoms with Crippen LogP contribution in [-0.4, -0.2) is 16.7 Å². The van der Waals surface area contributed by atoms with Crippen molar-refractivity contribution in [2.45, 2.75) is 12.5 Å². The number of nitrogens with two attached hydrogens (primary N) is 1. The molecule has 0 radical (unpaired) electrons. The van der Waals surface area contributed by atoms with Crippen LogP contribution in [0.5, 0.6) is 5.75 Å². The number of hydrogen-bond acceptors (Lipinski definition) is 4. The van der Waals surface area contributed by atoms with Crippen molar-refractivity contribution in [2.75, 3.05) is 7.11 Å². The van der Waals surface area contributed by atoms with Gasteiger partial charge in [0.1, 0.15) is 5.75 Å². The number of rotatable bonds is 5. The average molecular weight is 325 g/mol. The Balaban J connectivity index is 2.26. The first-order valence-corrected chi connectivity index (χ1v) is 6.69. The Labute approximate surface area is 120 Å². The van der Waals surface area contributed by atoms with Crippen LogP contribution in [0.3, 0.4) is 0 Å². The fraction of sp³-hybridized carbons (Fsp3) is 0.308. The molecular weight excluding hydrogens is 308 g/mol. The minimum absolute atomic E-state index is 0.00379. The van der Waals surface area contributed by atoms with Gasteiger partial charge in [-0.3, -0.25) is 11.3 Å². The number of ether oxygens (including phenoxy) is 1. The number of methoxy groups -OCH3 is 1. The Morgan fingerprint density at radius 3 is 2.89 bits per heavy atom. The lowest BCUT2D eigenvalue weighted by Crippen LogP contribution is -2.31. The Morgan fingerprint density at radius 1 is 1.53 bits per heavy atom. The molecule has 0 saturated carbocycles. The maximum Gasteiger partial charge on any atom is 0.119 e. The molecule has 1 heterocycles. The van der Waals surface area contributed by atoms with Crippen molar-refractivity contribution in [1.29, 1.82) is 0 Å². The highest BCUT2D eigenvalue weighted by Gasteiger charge is 2.15. The van der Waals surface area contributed by atoms with Crippen molar-refractivity contribution in [3.8, 4) is 5.75 Å². The number of hydrazine groups is 1. The van der Waals surface area contributed by atoms with Crippen molar-refractivity contribution >= 4 is 15.9 Å². The zero-order valence-electron chi connectivity index (χ0n) is 10.9. The molecule has 19 heavy (non-hydrogen) atoms. The van der Waals surface area contributed by atoms with Crippen LogP contribution in [0.15, 0.2) is 35.2 Å². The SMILES string of the molecule is COc1ccc(Br)c(CC(NN)c2cncn2C)c1. The average Bonchev–Trinajstić information content (AvgIpc) is 2.84. The van der Waals surface area contributed by atoms with Gasteiger partial charge in [0.2, 0.25) is 0 Å². The van der Waals surface area contributed by atoms with Crippen LogP contribution in [0.25, 0.3) is 0 Å². The predicted molar refractivity (Wildman–Crippen MR) is 77.7 cm³/mol. The maximum absolute atomic E-state index is 5.66. The second-order valence-electron chi connectivity index (χ2n) is 4.31. The number of benzene rings is 1. The van der Waals surface area contributed by atoms with E-state index in [0.29, 0.717) is 0 Å². The number of nitrogens with one attached hydrogen (secondary N) is 1. The van der Waals surface area contributed by atoms with Crippen molar-refractivity contribution < 1.29 is 4.74 Å². The van der Waals surface area contributed by atoms with Gasteiger partial charge in [-0.15, -0.1) is 0 Å². The molecule has 0 saturated heterocycles. The van der Waals surface area contributed by atoms with Gasteiger partial charge in [0.25, 0.3) is 0 Å². The third-order valence-electron chi connectivity index (χ3n) is 3.09. The minimum Gasteiger partial charge on any atom is -0.497 e. The van der Waals surface area contributed by atoms with Crippen LogP contribution in [0.2, 0.25) is 0 Å². The highest BCUT2D eigenvalue weighted by Crippen LogP contribution is 2.26. The Hall–Kier alpha value is -1.37. The van der Waals surface area contributed by atoms with Crippen LogP contribution in [0.4, 0.5) is 0 Å². The summed E-state index contributed by atoms with van der Waals surface area (Å²) in [5, 5.41) is 0. The molecule has 1 aromatic carbocycles. The summed E-state index contributed by atoms with van der Waals surface area (Å²) in [5.41, 5.74) is 5.00. The molecule has 0 aliphatic rings. The first kappa shape index (κ1) is 14.0. The summed E-state index contributed by atoms with van der Waals surface area (Å²) < 4.78 is 8.24. The van der Waals surface area contributed by atoms with Gasteiger partial charge in [0, 0.05) is 17.7 Å². The van der Waals surface area contributed by atoms with Crippen LogP contribution < -0.4 is 16.0 Å². The third kappa shape index (κ3) is 3.15. The molecule has 0 amide bonds. The molecule has 6 heteroatoms. The smallest absolute Gasteiger partial charge is 0.119 e. The number of hydrogen-bond donors (Lipinski definition) is 2. The molecule has 1 aromatic heterocycles. The zero-order valence-corrected chi connectivity index (χ0v) is 12.5. The van der Waals surface area contributed by atoms with E-state index in [-0.39, 0.29) is 6.04 Å². The molecule has 1 atom stereocenters. The van der Waals surface area contributed by atoms with Crippen LogP contribution in [0, 0.1) is 0 Å². The standard InChI is InChI=1S/C13H17BrN4O/c1-18-8-16-7-13(18)12(17-15)6-9-5-10(19-2)3-4-11(9)14/h3-5,7-8,12,17H,6,15H2,1-2H3. The van der Waals surface area contributed by atoms with E-state index in [2.05, 4.69) is 26.3 Å². The fourth-order valence-electron chi connectivity index (χ4n) is 2.01. The summed E-state index contributed by atoms with van der Waals surface area (Å²) in [7, 11) is 3.61. The summed E-state index contributed by atoms with van der Waals surface area (Å²) in [6, 6.07) is 5.90. The van der Waals surface area contributed by atoms with Crippen LogP contribution in [0.1, 0.15) is 17.3 Å². The molecule has 2 rings (SSSR count). The van der Waals surface area contributed by atoms with E-state index in [1.165, 1.54) is 0 Å². The van der Waals surface area contributed by atoms with Gasteiger partial charge < -0.3 is 9.30 Å². The summed E-state index contributed by atoms with van der Waals surface area (Å²) in [4.78, 5) is 4.12. The van der Waals surface area contributed by atoms with Gasteiger partial charge in [-0.25, -0.2) is 4.98 Å². The highest BCUT2D eigenvalue weighted by molar-refractivity contribution is 9.10. The summed E-state index contributed by atoms with van der Waals surface area (Å²) in [6.45, 7) is 0. The Morgan fingerprint density at radius 2 is 2.32 bits per heavy atom. The first-order valence-electron chi connectivity index (χ1n) is 5.90. The van der Waals surface area contributed by atoms with E-state index in [1.54, 1.807) is 13.4 Å². The maximum atomic E-state index is 5.66. The second kappa shape index (κ2) is 6.18. The van der Waals surface area contributed by atoms with Gasteiger partial charge in [0.05, 0.1) is 25.2 Å². The van der Waals surface area contributed by atoms with Gasteiger partial charge in [-0.2, -0.15) is 0 Å². The number of aryl methyl sites for hydroxylation is 1. The zero-order chi connectivity index (χ0) is 13.8. The molecule has 0 aliphatic carbocycles. The normalized spacial score (nSPS) is 12.4. The lowest BCUT2D eigenvalue weighted by atomic mass is 10.0. The highest BCUT2D eigenvalue weighted by atomic mass is 79.9. The van der Waals surface area contributed by atoms with Crippen molar-refractivity contribution in [1.82, 2.24) is 15.0 Å². The molecule has 0 bridgehead atoms. The quantitative estimate of drug-likeness (QED) is 0.651. The summed E-state index contributed by atoms with van der Waals surface area (Å²) in [6.07, 6.45) is 4.33. The monoisotopic (exact) mass is 324 g/mol. The first-order chi connectivity index (χ1) is 9.15. The van der Waals surface area contributed by atoms with Gasteiger partial charge in [-0.05, 0) is 30.2 Å². The molecule has 3 N–H and O–H groups in total. The van der Waals surface area contributed by atoms with Crippen molar-refractivity contribution in [3.05, 3.63) is 46.5 Å². The van der Waals surface area contributed by atoms with E-state index < -0.39 is 0 Å². The van der Waals surface area contributed by atoms with E-state index in [1.807, 2.05) is 36.0 Å².